The van der Waals surface area contributed by atoms with E-state index in [0.717, 1.165) is 38.5 Å². The molecule has 426 valence electrons. The van der Waals surface area contributed by atoms with E-state index in [0.29, 0.717) is 23.9 Å². The third-order valence-corrected chi connectivity index (χ3v) is 15.0. The second kappa shape index (κ2) is 54.3. The van der Waals surface area contributed by atoms with Crippen molar-refractivity contribution >= 4 is 19.8 Å². The minimum atomic E-state index is -4.38. The van der Waals surface area contributed by atoms with Gasteiger partial charge in [-0.15, -0.1) is 0 Å². The van der Waals surface area contributed by atoms with Gasteiger partial charge in [-0.1, -0.05) is 276 Å². The summed E-state index contributed by atoms with van der Waals surface area (Å²) in [7, 11) is 1.50. The van der Waals surface area contributed by atoms with Gasteiger partial charge >= 0.3 is 19.8 Å². The summed E-state index contributed by atoms with van der Waals surface area (Å²) in [5.41, 5.74) is 0. The van der Waals surface area contributed by atoms with Gasteiger partial charge in [-0.05, 0) is 44.9 Å². The average molecular weight is 1040 g/mol. The molecule has 0 spiro atoms. The van der Waals surface area contributed by atoms with Gasteiger partial charge in [-0.3, -0.25) is 18.6 Å². The van der Waals surface area contributed by atoms with Gasteiger partial charge < -0.3 is 18.9 Å². The predicted octanol–water partition coefficient (Wildman–Crippen LogP) is 19.4. The first-order chi connectivity index (χ1) is 35.0. The van der Waals surface area contributed by atoms with E-state index in [1.54, 1.807) is 0 Å². The van der Waals surface area contributed by atoms with Crippen molar-refractivity contribution in [2.24, 2.45) is 0 Å². The molecule has 0 amide bonds. The number of ether oxygens (including phenoxy) is 2. The predicted molar refractivity (Wildman–Crippen MR) is 307 cm³/mol. The Bertz CT molecular complexity index is 1270. The molecule has 2 atom stereocenters. The Morgan fingerprint density at radius 3 is 1.10 bits per heavy atom. The van der Waals surface area contributed by atoms with Crippen LogP contribution in [0.3, 0.4) is 0 Å². The van der Waals surface area contributed by atoms with Gasteiger partial charge in [-0.25, -0.2) is 4.57 Å². The van der Waals surface area contributed by atoms with Gasteiger partial charge in [-0.2, -0.15) is 0 Å². The third-order valence-electron chi connectivity index (χ3n) is 14.0. The molecule has 10 heteroatoms. The number of unbranched alkanes of at least 4 members (excludes halogenated alkanes) is 40. The molecule has 1 N–H and O–H groups in total. The quantitative estimate of drug-likeness (QED) is 0.0211. The number of rotatable bonds is 58. The number of phosphoric ester groups is 1. The molecule has 0 bridgehead atoms. The fourth-order valence-corrected chi connectivity index (χ4v) is 9.91. The summed E-state index contributed by atoms with van der Waals surface area (Å²) in [6.45, 7) is 4.47. The monoisotopic (exact) mass is 1040 g/mol. The highest BCUT2D eigenvalue weighted by atomic mass is 31.2. The summed E-state index contributed by atoms with van der Waals surface area (Å²) in [5.74, 6) is -0.779. The lowest BCUT2D eigenvalue weighted by Crippen LogP contribution is -2.37. The number of likely N-dealkylation sites (N-methyl/N-ethyl adjacent to an activating group) is 1. The molecule has 0 aromatic rings. The molecule has 0 aromatic heterocycles. The lowest BCUT2D eigenvalue weighted by atomic mass is 10.0. The Hall–Kier alpha value is -1.51. The van der Waals surface area contributed by atoms with Crippen LogP contribution >= 0.6 is 7.82 Å². The van der Waals surface area contributed by atoms with E-state index in [4.69, 9.17) is 18.5 Å². The molecular weight excluding hydrogens is 918 g/mol. The molecule has 0 radical (unpaired) electrons. The summed E-state index contributed by atoms with van der Waals surface area (Å²) >= 11 is 0. The second-order valence-electron chi connectivity index (χ2n) is 22.5. The molecule has 0 saturated heterocycles. The molecule has 2 unspecified atom stereocenters. The molecule has 0 aromatic carbocycles. The first-order valence-electron chi connectivity index (χ1n) is 31.1. The summed E-state index contributed by atoms with van der Waals surface area (Å²) in [4.78, 5) is 35.6. The molecule has 0 rings (SSSR count). The van der Waals surface area contributed by atoms with Crippen molar-refractivity contribution in [1.82, 2.24) is 0 Å². The molecule has 0 aliphatic rings. The van der Waals surface area contributed by atoms with Crippen molar-refractivity contribution in [3.8, 4) is 0 Å². The van der Waals surface area contributed by atoms with E-state index in [9.17, 15) is 19.0 Å². The van der Waals surface area contributed by atoms with Crippen molar-refractivity contribution in [2.45, 2.75) is 315 Å². The number of esters is 2. The van der Waals surface area contributed by atoms with Gasteiger partial charge in [0.15, 0.2) is 6.10 Å². The van der Waals surface area contributed by atoms with Crippen molar-refractivity contribution in [3.63, 3.8) is 0 Å². The van der Waals surface area contributed by atoms with E-state index in [1.165, 1.54) is 238 Å². The highest BCUT2D eigenvalue weighted by Crippen LogP contribution is 2.43. The molecule has 0 saturated carbocycles. The third kappa shape index (κ3) is 57.8. The van der Waals surface area contributed by atoms with E-state index in [-0.39, 0.29) is 25.6 Å². The first-order valence-corrected chi connectivity index (χ1v) is 32.6. The van der Waals surface area contributed by atoms with Crippen LogP contribution < -0.4 is 0 Å². The topological polar surface area (TPSA) is 108 Å². The number of allylic oxidation sites excluding steroid dienone is 4. The minimum absolute atomic E-state index is 0.0357. The molecule has 0 fully saturated rings. The van der Waals surface area contributed by atoms with Gasteiger partial charge in [0, 0.05) is 12.8 Å². The zero-order chi connectivity index (χ0) is 52.7. The summed E-state index contributed by atoms with van der Waals surface area (Å²) in [6, 6.07) is 0. The van der Waals surface area contributed by atoms with Crippen LogP contribution in [0.1, 0.15) is 309 Å². The normalized spacial score (nSPS) is 13.4. The van der Waals surface area contributed by atoms with Gasteiger partial charge in [0.1, 0.15) is 19.8 Å². The van der Waals surface area contributed by atoms with Crippen molar-refractivity contribution in [1.29, 1.82) is 0 Å². The molecule has 72 heavy (non-hydrogen) atoms. The Morgan fingerprint density at radius 2 is 0.750 bits per heavy atom. The number of nitrogens with zero attached hydrogens (tertiary/aromatic N) is 1. The highest BCUT2D eigenvalue weighted by molar-refractivity contribution is 7.47. The van der Waals surface area contributed by atoms with Crippen molar-refractivity contribution < 1.29 is 42.1 Å². The summed E-state index contributed by atoms with van der Waals surface area (Å²) in [6.07, 6.45) is 65.6. The molecular formula is C62H121NO8P+. The first kappa shape index (κ1) is 70.5. The van der Waals surface area contributed by atoms with E-state index in [2.05, 4.69) is 38.2 Å². The maximum absolute atomic E-state index is 12.8. The van der Waals surface area contributed by atoms with Crippen LogP contribution in [0.2, 0.25) is 0 Å². The maximum Gasteiger partial charge on any atom is 0.472 e. The number of carbonyl (C=O) groups is 2. The number of quaternary nitrogens is 1. The molecule has 0 aliphatic heterocycles. The summed E-state index contributed by atoms with van der Waals surface area (Å²) < 4.78 is 34.5. The number of phosphoric acid groups is 1. The Morgan fingerprint density at radius 1 is 0.431 bits per heavy atom. The zero-order valence-electron chi connectivity index (χ0n) is 48.4. The fraction of sp³-hybridized carbons (Fsp3) is 0.903. The van der Waals surface area contributed by atoms with Crippen LogP contribution in [0.5, 0.6) is 0 Å². The van der Waals surface area contributed by atoms with Crippen LogP contribution in [0.15, 0.2) is 24.3 Å². The maximum atomic E-state index is 12.8. The largest absolute Gasteiger partial charge is 0.472 e. The van der Waals surface area contributed by atoms with Crippen LogP contribution in [0.25, 0.3) is 0 Å². The Kier molecular flexibility index (Phi) is 53.1. The van der Waals surface area contributed by atoms with E-state index in [1.807, 2.05) is 21.1 Å². The van der Waals surface area contributed by atoms with Gasteiger partial charge in [0.25, 0.3) is 0 Å². The standard InChI is InChI=1S/C62H120NO8P/c1-6-8-10-12-14-16-18-20-21-22-23-24-25-26-27-28-29-30-31-32-33-34-35-36-37-38-39-40-41-43-45-47-49-51-53-55-62(65)71-60(59-70-72(66,67)69-57-56-63(3,4)5)58-68-61(64)54-52-50-48-46-44-42-19-17-15-13-11-9-7-2/h18,20,22-23,60H,6-17,19,21,24-59H2,1-5H3/p+1/b20-18-,23-22-. The highest BCUT2D eigenvalue weighted by Gasteiger charge is 2.27. The Labute approximate surface area is 447 Å². The van der Waals surface area contributed by atoms with Gasteiger partial charge in [0.2, 0.25) is 0 Å². The number of carbonyl (C=O) groups excluding carboxylic acids is 2. The lowest BCUT2D eigenvalue weighted by molar-refractivity contribution is -0.870. The summed E-state index contributed by atoms with van der Waals surface area (Å²) in [5, 5.41) is 0. The average Bonchev–Trinajstić information content (AvgIpc) is 3.34. The lowest BCUT2D eigenvalue weighted by Gasteiger charge is -2.24. The molecule has 0 heterocycles. The fourth-order valence-electron chi connectivity index (χ4n) is 9.17. The van der Waals surface area contributed by atoms with Crippen LogP contribution in [-0.2, 0) is 32.7 Å². The van der Waals surface area contributed by atoms with Gasteiger partial charge in [0.05, 0.1) is 27.7 Å². The number of hydrogen-bond donors (Lipinski definition) is 1. The van der Waals surface area contributed by atoms with Crippen LogP contribution in [-0.4, -0.2) is 74.9 Å². The Balaban J connectivity index is 3.92. The van der Waals surface area contributed by atoms with Crippen LogP contribution in [0.4, 0.5) is 0 Å². The van der Waals surface area contributed by atoms with E-state index < -0.39 is 26.5 Å². The molecule has 0 aliphatic carbocycles. The van der Waals surface area contributed by atoms with E-state index >= 15 is 0 Å². The van der Waals surface area contributed by atoms with Crippen molar-refractivity contribution in [3.05, 3.63) is 24.3 Å². The SMILES string of the molecule is CCCCCCC/C=C\C/C=C\CCCCCCCCCCCCCCCCCCCCCCCCCC(=O)OC(COC(=O)CCCCCCCCCCCCCCC)COP(=O)(O)OCC[N+](C)(C)C. The smallest absolute Gasteiger partial charge is 0.462 e. The minimum Gasteiger partial charge on any atom is -0.462 e. The molecule has 9 nitrogen and oxygen atoms in total. The second-order valence-corrected chi connectivity index (χ2v) is 23.9. The zero-order valence-corrected chi connectivity index (χ0v) is 49.3. The van der Waals surface area contributed by atoms with Crippen molar-refractivity contribution in [2.75, 3.05) is 47.5 Å². The van der Waals surface area contributed by atoms with Crippen LogP contribution in [0, 0.1) is 0 Å². The number of hydrogen-bond acceptors (Lipinski definition) is 7.